The van der Waals surface area contributed by atoms with Crippen LogP contribution in [0.4, 0.5) is 8.78 Å². The van der Waals surface area contributed by atoms with Crippen LogP contribution in [0.25, 0.3) is 0 Å². The van der Waals surface area contributed by atoms with Gasteiger partial charge >= 0.3 is 0 Å². The third-order valence-corrected chi connectivity index (χ3v) is 3.76. The van der Waals surface area contributed by atoms with Gasteiger partial charge in [-0.1, -0.05) is 35.3 Å². The van der Waals surface area contributed by atoms with Gasteiger partial charge in [0, 0.05) is 5.02 Å². The number of hydrogen-bond donors (Lipinski definition) is 2. The van der Waals surface area contributed by atoms with Gasteiger partial charge in [-0.25, -0.2) is 8.78 Å². The summed E-state index contributed by atoms with van der Waals surface area (Å²) < 4.78 is 26.7. The van der Waals surface area contributed by atoms with Crippen molar-refractivity contribution in [3.63, 3.8) is 0 Å². The van der Waals surface area contributed by atoms with Crippen molar-refractivity contribution in [2.75, 3.05) is 0 Å². The zero-order valence-corrected chi connectivity index (χ0v) is 11.8. The van der Waals surface area contributed by atoms with Crippen LogP contribution in [0.1, 0.15) is 17.2 Å². The lowest BCUT2D eigenvalue weighted by Crippen LogP contribution is -2.30. The molecule has 0 amide bonds. The number of hydrogen-bond acceptors (Lipinski definition) is 2. The van der Waals surface area contributed by atoms with E-state index in [0.717, 1.165) is 0 Å². The Hall–Kier alpha value is -1.20. The molecule has 2 aromatic rings. The van der Waals surface area contributed by atoms with Crippen LogP contribution in [0.2, 0.25) is 10.0 Å². The summed E-state index contributed by atoms with van der Waals surface area (Å²) in [5.74, 6) is 4.56. The molecule has 2 nitrogen and oxygen atoms in total. The Morgan fingerprint density at radius 3 is 2.60 bits per heavy atom. The van der Waals surface area contributed by atoms with Crippen LogP contribution in [0.3, 0.4) is 0 Å². The van der Waals surface area contributed by atoms with Crippen molar-refractivity contribution in [3.05, 3.63) is 69.2 Å². The van der Waals surface area contributed by atoms with E-state index in [9.17, 15) is 8.78 Å². The third kappa shape index (κ3) is 3.27. The van der Waals surface area contributed by atoms with Crippen molar-refractivity contribution < 1.29 is 8.78 Å². The first-order chi connectivity index (χ1) is 9.52. The average Bonchev–Trinajstić information content (AvgIpc) is 2.43. The summed E-state index contributed by atoms with van der Waals surface area (Å²) in [5, 5.41) is 0.405. The van der Waals surface area contributed by atoms with Gasteiger partial charge in [0.2, 0.25) is 0 Å². The second-order valence-corrected chi connectivity index (χ2v) is 5.09. The van der Waals surface area contributed by atoms with Gasteiger partial charge < -0.3 is 0 Å². The molecule has 0 aliphatic heterocycles. The van der Waals surface area contributed by atoms with Gasteiger partial charge in [-0.15, -0.1) is 0 Å². The molecule has 0 radical (unpaired) electrons. The number of hydrazine groups is 1. The Balaban J connectivity index is 2.34. The topological polar surface area (TPSA) is 38.0 Å². The van der Waals surface area contributed by atoms with E-state index in [1.165, 1.54) is 30.3 Å². The normalized spacial score (nSPS) is 12.4. The fourth-order valence-electron chi connectivity index (χ4n) is 1.97. The minimum Gasteiger partial charge on any atom is -0.271 e. The molecule has 0 aliphatic rings. The van der Waals surface area contributed by atoms with E-state index in [4.69, 9.17) is 29.0 Å². The van der Waals surface area contributed by atoms with Gasteiger partial charge in [0.05, 0.1) is 11.1 Å². The molecule has 1 unspecified atom stereocenters. The Morgan fingerprint density at radius 2 is 1.90 bits per heavy atom. The van der Waals surface area contributed by atoms with Crippen LogP contribution < -0.4 is 11.3 Å². The van der Waals surface area contributed by atoms with Crippen molar-refractivity contribution in [3.8, 4) is 0 Å². The largest absolute Gasteiger partial charge is 0.271 e. The van der Waals surface area contributed by atoms with E-state index in [2.05, 4.69) is 5.43 Å². The van der Waals surface area contributed by atoms with Crippen LogP contribution in [0, 0.1) is 11.6 Å². The van der Waals surface area contributed by atoms with Gasteiger partial charge in [-0.3, -0.25) is 11.3 Å². The lowest BCUT2D eigenvalue weighted by molar-refractivity contribution is 0.542. The number of nitrogens with one attached hydrogen (secondary N) is 1. The molecule has 0 saturated heterocycles. The monoisotopic (exact) mass is 316 g/mol. The summed E-state index contributed by atoms with van der Waals surface area (Å²) in [7, 11) is 0. The summed E-state index contributed by atoms with van der Waals surface area (Å²) in [5.41, 5.74) is 3.61. The molecule has 20 heavy (non-hydrogen) atoms. The third-order valence-electron chi connectivity index (χ3n) is 2.99. The maximum Gasteiger partial charge on any atom is 0.142 e. The number of benzene rings is 2. The molecule has 0 aliphatic carbocycles. The Bertz CT molecular complexity index is 620. The fourth-order valence-corrected chi connectivity index (χ4v) is 2.42. The summed E-state index contributed by atoms with van der Waals surface area (Å²) in [6.07, 6.45) is 0.288. The predicted molar refractivity (Wildman–Crippen MR) is 76.6 cm³/mol. The van der Waals surface area contributed by atoms with Crippen LogP contribution in [-0.2, 0) is 6.42 Å². The maximum absolute atomic E-state index is 13.5. The number of halogens is 4. The zero-order valence-electron chi connectivity index (χ0n) is 10.3. The first-order valence-corrected chi connectivity index (χ1v) is 6.62. The second-order valence-electron chi connectivity index (χ2n) is 4.30. The van der Waals surface area contributed by atoms with Crippen LogP contribution in [0.15, 0.2) is 36.4 Å². The van der Waals surface area contributed by atoms with Gasteiger partial charge in [0.1, 0.15) is 11.6 Å². The molecule has 0 bridgehead atoms. The maximum atomic E-state index is 13.5. The Labute approximate surface area is 125 Å². The predicted octanol–water partition coefficient (Wildman–Crippen LogP) is 4.02. The highest BCUT2D eigenvalue weighted by molar-refractivity contribution is 6.32. The van der Waals surface area contributed by atoms with E-state index >= 15 is 0 Å². The highest BCUT2D eigenvalue weighted by atomic mass is 35.5. The minimum absolute atomic E-state index is 0.0111. The van der Waals surface area contributed by atoms with E-state index in [1.54, 1.807) is 6.07 Å². The van der Waals surface area contributed by atoms with Crippen molar-refractivity contribution in [2.24, 2.45) is 5.84 Å². The molecule has 106 valence electrons. The van der Waals surface area contributed by atoms with Crippen molar-refractivity contribution >= 4 is 23.2 Å². The molecule has 2 aromatic carbocycles. The number of nitrogens with two attached hydrogens (primary N) is 1. The van der Waals surface area contributed by atoms with Crippen molar-refractivity contribution in [2.45, 2.75) is 12.5 Å². The molecule has 0 saturated carbocycles. The van der Waals surface area contributed by atoms with Crippen molar-refractivity contribution in [1.29, 1.82) is 0 Å². The summed E-state index contributed by atoms with van der Waals surface area (Å²) in [6, 6.07) is 8.03. The van der Waals surface area contributed by atoms with E-state index in [0.29, 0.717) is 16.1 Å². The Morgan fingerprint density at radius 1 is 1.15 bits per heavy atom. The first-order valence-electron chi connectivity index (χ1n) is 5.87. The summed E-state index contributed by atoms with van der Waals surface area (Å²) >= 11 is 11.9. The summed E-state index contributed by atoms with van der Waals surface area (Å²) in [4.78, 5) is 0. The van der Waals surface area contributed by atoms with Crippen molar-refractivity contribution in [1.82, 2.24) is 5.43 Å². The molecule has 0 fully saturated rings. The van der Waals surface area contributed by atoms with Crippen LogP contribution in [-0.4, -0.2) is 0 Å². The molecular formula is C14H12Cl2F2N2. The van der Waals surface area contributed by atoms with Crippen LogP contribution in [0.5, 0.6) is 0 Å². The molecule has 2 rings (SSSR count). The second kappa shape index (κ2) is 6.50. The molecule has 0 heterocycles. The SMILES string of the molecule is NNC(Cc1cc(F)ccc1Cl)c1cccc(F)c1Cl. The molecule has 6 heteroatoms. The van der Waals surface area contributed by atoms with Gasteiger partial charge in [-0.2, -0.15) is 0 Å². The van der Waals surface area contributed by atoms with E-state index in [-0.39, 0.29) is 11.4 Å². The lowest BCUT2D eigenvalue weighted by Gasteiger charge is -2.18. The van der Waals surface area contributed by atoms with E-state index < -0.39 is 17.7 Å². The summed E-state index contributed by atoms with van der Waals surface area (Å²) in [6.45, 7) is 0. The highest BCUT2D eigenvalue weighted by Crippen LogP contribution is 2.29. The molecular weight excluding hydrogens is 305 g/mol. The smallest absolute Gasteiger partial charge is 0.142 e. The molecule has 0 aromatic heterocycles. The van der Waals surface area contributed by atoms with Crippen LogP contribution >= 0.6 is 23.2 Å². The standard InChI is InChI=1S/C14H12Cl2F2N2/c15-11-5-4-9(17)6-8(11)7-13(20-19)10-2-1-3-12(18)14(10)16/h1-6,13,20H,7,19H2. The van der Waals surface area contributed by atoms with E-state index in [1.807, 2.05) is 0 Å². The Kier molecular flexibility index (Phi) is 4.94. The molecule has 1 atom stereocenters. The first kappa shape index (κ1) is 15.2. The highest BCUT2D eigenvalue weighted by Gasteiger charge is 2.17. The number of rotatable bonds is 4. The van der Waals surface area contributed by atoms with Gasteiger partial charge in [0.15, 0.2) is 0 Å². The zero-order chi connectivity index (χ0) is 14.7. The lowest BCUT2D eigenvalue weighted by atomic mass is 9.99. The molecule has 0 spiro atoms. The minimum atomic E-state index is -0.533. The van der Waals surface area contributed by atoms with Gasteiger partial charge in [0.25, 0.3) is 0 Å². The quantitative estimate of drug-likeness (QED) is 0.660. The van der Waals surface area contributed by atoms with Gasteiger partial charge in [-0.05, 0) is 41.8 Å². The fraction of sp³-hybridized carbons (Fsp3) is 0.143. The molecule has 3 N–H and O–H groups in total. The average molecular weight is 317 g/mol.